The molecule has 0 atom stereocenters. The number of halogens is 1. The monoisotopic (exact) mass is 479 g/mol. The van der Waals surface area contributed by atoms with Crippen molar-refractivity contribution in [1.29, 1.82) is 0 Å². The van der Waals surface area contributed by atoms with Crippen LogP contribution in [0.1, 0.15) is 27.0 Å². The van der Waals surface area contributed by atoms with E-state index in [2.05, 4.69) is 0 Å². The van der Waals surface area contributed by atoms with Gasteiger partial charge in [0.1, 0.15) is 18.2 Å². The fraction of sp³-hybridized carbons (Fsp3) is 0.259. The molecule has 0 unspecified atom stereocenters. The predicted octanol–water partition coefficient (Wildman–Crippen LogP) is 4.16. The van der Waals surface area contributed by atoms with E-state index in [1.807, 2.05) is 12.1 Å². The molecule has 1 aliphatic heterocycles. The van der Waals surface area contributed by atoms with Gasteiger partial charge in [0.05, 0.1) is 19.8 Å². The standard InChI is InChI=1S/C27H26FNO6/c1-32-24-13-19-10-11-29(15-21(19)14-25(24)33-2)26(30)17-35-27(31)20-4-3-5-23(12-20)34-16-18-6-8-22(28)9-7-18/h3-9,12-14H,10-11,15-17H2,1-2H3. The summed E-state index contributed by atoms with van der Waals surface area (Å²) in [5.74, 6) is 0.517. The molecular weight excluding hydrogens is 453 g/mol. The van der Waals surface area contributed by atoms with E-state index in [0.29, 0.717) is 36.8 Å². The van der Waals surface area contributed by atoms with Crippen LogP contribution >= 0.6 is 0 Å². The summed E-state index contributed by atoms with van der Waals surface area (Å²) in [6.45, 7) is 0.789. The van der Waals surface area contributed by atoms with Crippen molar-refractivity contribution in [3.05, 3.63) is 88.7 Å². The Labute approximate surface area is 203 Å². The molecule has 8 heteroatoms. The molecule has 0 radical (unpaired) electrons. The predicted molar refractivity (Wildman–Crippen MR) is 126 cm³/mol. The lowest BCUT2D eigenvalue weighted by Crippen LogP contribution is -2.38. The molecule has 3 aromatic carbocycles. The maximum Gasteiger partial charge on any atom is 0.338 e. The Hall–Kier alpha value is -4.07. The van der Waals surface area contributed by atoms with Crippen molar-refractivity contribution in [3.8, 4) is 17.2 Å². The Bertz CT molecular complexity index is 1210. The summed E-state index contributed by atoms with van der Waals surface area (Å²) in [4.78, 5) is 26.9. The number of nitrogens with zero attached hydrogens (tertiary/aromatic N) is 1. The highest BCUT2D eigenvalue weighted by atomic mass is 19.1. The summed E-state index contributed by atoms with van der Waals surface area (Å²) in [6, 6.07) is 16.3. The zero-order valence-corrected chi connectivity index (χ0v) is 19.6. The van der Waals surface area contributed by atoms with Crippen LogP contribution < -0.4 is 14.2 Å². The highest BCUT2D eigenvalue weighted by Crippen LogP contribution is 2.33. The van der Waals surface area contributed by atoms with E-state index in [9.17, 15) is 14.0 Å². The van der Waals surface area contributed by atoms with Crippen LogP contribution in [-0.2, 0) is 29.1 Å². The zero-order chi connectivity index (χ0) is 24.8. The number of fused-ring (bicyclic) bond motifs is 1. The van der Waals surface area contributed by atoms with E-state index in [4.69, 9.17) is 18.9 Å². The maximum absolute atomic E-state index is 13.0. The van der Waals surface area contributed by atoms with E-state index in [-0.39, 0.29) is 30.5 Å². The topological polar surface area (TPSA) is 74.3 Å². The molecule has 4 rings (SSSR count). The van der Waals surface area contributed by atoms with Gasteiger partial charge >= 0.3 is 5.97 Å². The van der Waals surface area contributed by atoms with Crippen molar-refractivity contribution >= 4 is 11.9 Å². The van der Waals surface area contributed by atoms with Crippen molar-refractivity contribution in [2.24, 2.45) is 0 Å². The normalized spacial score (nSPS) is 12.5. The van der Waals surface area contributed by atoms with Gasteiger partial charge in [-0.25, -0.2) is 9.18 Å². The van der Waals surface area contributed by atoms with E-state index in [1.54, 1.807) is 55.5 Å². The molecule has 1 amide bonds. The quantitative estimate of drug-likeness (QED) is 0.452. The average molecular weight is 480 g/mol. The summed E-state index contributed by atoms with van der Waals surface area (Å²) in [7, 11) is 3.16. The number of amides is 1. The second-order valence-corrected chi connectivity index (χ2v) is 8.06. The largest absolute Gasteiger partial charge is 0.493 e. The van der Waals surface area contributed by atoms with Crippen molar-refractivity contribution < 1.29 is 32.9 Å². The van der Waals surface area contributed by atoms with Crippen molar-refractivity contribution in [3.63, 3.8) is 0 Å². The fourth-order valence-corrected chi connectivity index (χ4v) is 3.86. The van der Waals surface area contributed by atoms with Gasteiger partial charge < -0.3 is 23.8 Å². The number of hydrogen-bond acceptors (Lipinski definition) is 6. The van der Waals surface area contributed by atoms with Crippen LogP contribution in [-0.4, -0.2) is 44.1 Å². The van der Waals surface area contributed by atoms with Gasteiger partial charge in [0, 0.05) is 13.1 Å². The van der Waals surface area contributed by atoms with Gasteiger partial charge in [-0.3, -0.25) is 4.79 Å². The molecule has 1 heterocycles. The van der Waals surface area contributed by atoms with E-state index in [0.717, 1.165) is 16.7 Å². The number of rotatable bonds is 8. The van der Waals surface area contributed by atoms with Crippen LogP contribution in [0.4, 0.5) is 4.39 Å². The smallest absolute Gasteiger partial charge is 0.338 e. The molecule has 0 aromatic heterocycles. The molecule has 0 N–H and O–H groups in total. The Kier molecular flexibility index (Phi) is 7.50. The summed E-state index contributed by atoms with van der Waals surface area (Å²) >= 11 is 0. The molecule has 0 aliphatic carbocycles. The molecule has 0 spiro atoms. The van der Waals surface area contributed by atoms with Crippen LogP contribution in [0, 0.1) is 5.82 Å². The fourth-order valence-electron chi connectivity index (χ4n) is 3.86. The number of carbonyl (C=O) groups is 2. The Balaban J connectivity index is 1.32. The highest BCUT2D eigenvalue weighted by molar-refractivity contribution is 5.91. The zero-order valence-electron chi connectivity index (χ0n) is 19.6. The number of carbonyl (C=O) groups excluding carboxylic acids is 2. The third-order valence-electron chi connectivity index (χ3n) is 5.79. The van der Waals surface area contributed by atoms with Gasteiger partial charge in [-0.05, 0) is 65.6 Å². The number of ether oxygens (including phenoxy) is 4. The summed E-state index contributed by atoms with van der Waals surface area (Å²) < 4.78 is 34.7. The minimum absolute atomic E-state index is 0.227. The minimum atomic E-state index is -0.616. The van der Waals surface area contributed by atoms with Crippen LogP contribution in [0.3, 0.4) is 0 Å². The van der Waals surface area contributed by atoms with E-state index < -0.39 is 5.97 Å². The highest BCUT2D eigenvalue weighted by Gasteiger charge is 2.24. The number of benzene rings is 3. The first-order valence-electron chi connectivity index (χ1n) is 11.1. The Morgan fingerprint density at radius 2 is 1.66 bits per heavy atom. The first-order chi connectivity index (χ1) is 17.0. The van der Waals surface area contributed by atoms with Gasteiger partial charge in [-0.15, -0.1) is 0 Å². The third-order valence-corrected chi connectivity index (χ3v) is 5.79. The molecule has 0 bridgehead atoms. The first-order valence-corrected chi connectivity index (χ1v) is 11.1. The molecule has 7 nitrogen and oxygen atoms in total. The minimum Gasteiger partial charge on any atom is -0.493 e. The number of esters is 1. The second-order valence-electron chi connectivity index (χ2n) is 8.06. The van der Waals surface area contributed by atoms with Crippen LogP contribution in [0.15, 0.2) is 60.7 Å². The van der Waals surface area contributed by atoms with Crippen LogP contribution in [0.2, 0.25) is 0 Å². The second kappa shape index (κ2) is 10.9. The lowest BCUT2D eigenvalue weighted by atomic mass is 9.99. The summed E-state index contributed by atoms with van der Waals surface area (Å²) in [5, 5.41) is 0. The lowest BCUT2D eigenvalue weighted by molar-refractivity contribution is -0.135. The maximum atomic E-state index is 13.0. The van der Waals surface area contributed by atoms with Crippen LogP contribution in [0.5, 0.6) is 17.2 Å². The molecule has 1 aliphatic rings. The van der Waals surface area contributed by atoms with Crippen molar-refractivity contribution in [1.82, 2.24) is 4.90 Å². The third kappa shape index (κ3) is 5.90. The van der Waals surface area contributed by atoms with Crippen molar-refractivity contribution in [2.45, 2.75) is 19.6 Å². The first kappa shape index (κ1) is 24.1. The lowest BCUT2D eigenvalue weighted by Gasteiger charge is -2.29. The molecule has 0 saturated heterocycles. The molecular formula is C27H26FNO6. The van der Waals surface area contributed by atoms with Gasteiger partial charge in [0.2, 0.25) is 0 Å². The van der Waals surface area contributed by atoms with Gasteiger partial charge in [0.15, 0.2) is 18.1 Å². The molecule has 0 saturated carbocycles. The van der Waals surface area contributed by atoms with Crippen LogP contribution in [0.25, 0.3) is 0 Å². The van der Waals surface area contributed by atoms with Gasteiger partial charge in [0.25, 0.3) is 5.91 Å². The van der Waals surface area contributed by atoms with Gasteiger partial charge in [-0.2, -0.15) is 0 Å². The van der Waals surface area contributed by atoms with E-state index in [1.165, 1.54) is 12.1 Å². The Morgan fingerprint density at radius 1 is 0.943 bits per heavy atom. The molecule has 0 fully saturated rings. The van der Waals surface area contributed by atoms with Crippen molar-refractivity contribution in [2.75, 3.05) is 27.4 Å². The molecule has 3 aromatic rings. The summed E-state index contributed by atoms with van der Waals surface area (Å²) in [6.07, 6.45) is 0.669. The SMILES string of the molecule is COc1cc2c(cc1OC)CN(C(=O)COC(=O)c1cccc(OCc3ccc(F)cc3)c1)CC2. The summed E-state index contributed by atoms with van der Waals surface area (Å²) in [5.41, 5.74) is 3.14. The molecule has 182 valence electrons. The number of methoxy groups -OCH3 is 2. The average Bonchev–Trinajstić information content (AvgIpc) is 2.90. The van der Waals surface area contributed by atoms with Gasteiger partial charge in [-0.1, -0.05) is 18.2 Å². The van der Waals surface area contributed by atoms with E-state index >= 15 is 0 Å². The molecule has 35 heavy (non-hydrogen) atoms. The number of hydrogen-bond donors (Lipinski definition) is 0. The Morgan fingerprint density at radius 3 is 2.37 bits per heavy atom.